The van der Waals surface area contributed by atoms with Crippen LogP contribution >= 0.6 is 0 Å². The molecule has 0 bridgehead atoms. The molecule has 0 radical (unpaired) electrons. The summed E-state index contributed by atoms with van der Waals surface area (Å²) in [6.45, 7) is 0. The maximum atomic E-state index is 6.46. The topological polar surface area (TPSA) is 76.2 Å². The Labute approximate surface area is 291 Å². The normalized spacial score (nSPS) is 14.9. The number of rotatable bonds is 4. The van der Waals surface area contributed by atoms with Gasteiger partial charge in [0.2, 0.25) is 0 Å². The average molecular weight is 658 g/mol. The summed E-state index contributed by atoms with van der Waals surface area (Å²) < 4.78 is 18.8. The minimum atomic E-state index is -0.419. The van der Waals surface area contributed by atoms with E-state index in [1.165, 1.54) is 0 Å². The number of para-hydroxylation sites is 2. The minimum Gasteiger partial charge on any atom is -0.456 e. The Morgan fingerprint density at radius 3 is 1.82 bits per heavy atom. The Kier molecular flexibility index (Phi) is 5.92. The van der Waals surface area contributed by atoms with Crippen molar-refractivity contribution in [2.75, 3.05) is 0 Å². The zero-order chi connectivity index (χ0) is 33.5. The van der Waals surface area contributed by atoms with Gasteiger partial charge in [0, 0.05) is 49.0 Å². The zero-order valence-electron chi connectivity index (χ0n) is 27.1. The molecular weight excluding hydrogens is 631 g/mol. The van der Waals surface area contributed by atoms with Gasteiger partial charge in [-0.3, -0.25) is 0 Å². The third kappa shape index (κ3) is 4.36. The molecule has 1 atom stereocenters. The third-order valence-electron chi connectivity index (χ3n) is 9.97. The van der Waals surface area contributed by atoms with E-state index in [9.17, 15) is 0 Å². The van der Waals surface area contributed by atoms with Gasteiger partial charge in [0.1, 0.15) is 45.5 Å². The van der Waals surface area contributed by atoms with Crippen LogP contribution in [0.2, 0.25) is 0 Å². The zero-order valence-corrected chi connectivity index (χ0v) is 27.1. The van der Waals surface area contributed by atoms with Crippen LogP contribution < -0.4 is 5.32 Å². The summed E-state index contributed by atoms with van der Waals surface area (Å²) in [6, 6.07) is 51.6. The molecule has 0 fully saturated rings. The van der Waals surface area contributed by atoms with Gasteiger partial charge in [-0.25, -0.2) is 9.98 Å². The molecule has 1 N–H and O–H groups in total. The number of hydrogen-bond acceptors (Lipinski definition) is 6. The highest BCUT2D eigenvalue weighted by Gasteiger charge is 2.26. The van der Waals surface area contributed by atoms with Crippen LogP contribution in [0.3, 0.4) is 0 Å². The molecule has 4 heterocycles. The van der Waals surface area contributed by atoms with Crippen LogP contribution in [0.1, 0.15) is 22.9 Å². The fraction of sp³-hybridized carbons (Fsp3) is 0.0222. The van der Waals surface area contributed by atoms with Crippen molar-refractivity contribution in [3.05, 3.63) is 168 Å². The van der Waals surface area contributed by atoms with Crippen molar-refractivity contribution in [1.29, 1.82) is 0 Å². The fourth-order valence-electron chi connectivity index (χ4n) is 7.60. The third-order valence-corrected chi connectivity index (χ3v) is 9.97. The Morgan fingerprint density at radius 1 is 0.431 bits per heavy atom. The molecule has 3 aromatic heterocycles. The van der Waals surface area contributed by atoms with E-state index in [1.807, 2.05) is 78.9 Å². The summed E-state index contributed by atoms with van der Waals surface area (Å²) in [5, 5.41) is 9.95. The Morgan fingerprint density at radius 2 is 1.02 bits per heavy atom. The molecule has 11 rings (SSSR count). The molecule has 0 saturated heterocycles. The van der Waals surface area contributed by atoms with Crippen LogP contribution in [0.15, 0.2) is 175 Å². The Hall–Kier alpha value is -6.92. The number of nitrogens with one attached hydrogen (secondary N) is 1. The van der Waals surface area contributed by atoms with Gasteiger partial charge < -0.3 is 18.6 Å². The Balaban J connectivity index is 1.11. The lowest BCUT2D eigenvalue weighted by Crippen LogP contribution is -2.33. The lowest BCUT2D eigenvalue weighted by molar-refractivity contribution is 0.662. The van der Waals surface area contributed by atoms with E-state index >= 15 is 0 Å². The summed E-state index contributed by atoms with van der Waals surface area (Å²) in [6.07, 6.45) is -0.419. The first-order valence-corrected chi connectivity index (χ1v) is 17.0. The van der Waals surface area contributed by atoms with E-state index in [-0.39, 0.29) is 0 Å². The van der Waals surface area contributed by atoms with Crippen LogP contribution in [-0.4, -0.2) is 11.7 Å². The Bertz CT molecular complexity index is 3070. The SMILES string of the molecule is c1ccc(C2=NC(c3cccc4oc5ccc(-c6ccc7oc8ccccc8c7c6)cc5c34)=NC(c3cccc4oc5ccccc5c34)N2)cc1. The van der Waals surface area contributed by atoms with Crippen LogP contribution in [0.5, 0.6) is 0 Å². The predicted octanol–water partition coefficient (Wildman–Crippen LogP) is 11.5. The molecule has 1 aliphatic rings. The number of fused-ring (bicyclic) bond motifs is 9. The van der Waals surface area contributed by atoms with Gasteiger partial charge in [-0.2, -0.15) is 0 Å². The van der Waals surface area contributed by atoms with E-state index in [0.717, 1.165) is 99.5 Å². The number of benzene rings is 7. The maximum absolute atomic E-state index is 6.46. The second-order valence-corrected chi connectivity index (χ2v) is 12.9. The minimum absolute atomic E-state index is 0.419. The smallest absolute Gasteiger partial charge is 0.160 e. The fourth-order valence-corrected chi connectivity index (χ4v) is 7.60. The summed E-state index contributed by atoms with van der Waals surface area (Å²) in [4.78, 5) is 10.5. The standard InChI is InChI=1S/C45H27N3O3/c1-2-10-26(11-3-1)43-46-44(31-14-8-18-39-41(31)30-13-5-7-17-36(30)50-39)48-45(47-43)32-15-9-19-40-42(32)34-25-28(21-23-38(34)51-40)27-20-22-37-33(24-27)29-12-4-6-16-35(29)49-37/h1-25,44H,(H,46,47,48). The molecule has 6 heteroatoms. The molecular formula is C45H27N3O3. The van der Waals surface area contributed by atoms with E-state index in [0.29, 0.717) is 5.84 Å². The van der Waals surface area contributed by atoms with Crippen molar-refractivity contribution < 1.29 is 13.3 Å². The quantitative estimate of drug-likeness (QED) is 0.204. The van der Waals surface area contributed by atoms with Gasteiger partial charge in [-0.1, -0.05) is 103 Å². The van der Waals surface area contributed by atoms with E-state index < -0.39 is 6.17 Å². The number of nitrogens with zero attached hydrogens (tertiary/aromatic N) is 2. The van der Waals surface area contributed by atoms with E-state index in [2.05, 4.69) is 78.1 Å². The van der Waals surface area contributed by atoms with Crippen molar-refractivity contribution in [1.82, 2.24) is 5.32 Å². The van der Waals surface area contributed by atoms with Crippen molar-refractivity contribution >= 4 is 77.5 Å². The monoisotopic (exact) mass is 657 g/mol. The lowest BCUT2D eigenvalue weighted by atomic mass is 9.99. The highest BCUT2D eigenvalue weighted by molar-refractivity contribution is 6.22. The highest BCUT2D eigenvalue weighted by Crippen LogP contribution is 2.39. The van der Waals surface area contributed by atoms with Gasteiger partial charge in [0.15, 0.2) is 5.84 Å². The van der Waals surface area contributed by atoms with Crippen LogP contribution in [0.25, 0.3) is 76.9 Å². The van der Waals surface area contributed by atoms with Crippen LogP contribution in [-0.2, 0) is 0 Å². The molecule has 0 amide bonds. The first kappa shape index (κ1) is 28.0. The highest BCUT2D eigenvalue weighted by atomic mass is 16.3. The summed E-state index contributed by atoms with van der Waals surface area (Å²) in [5.41, 5.74) is 10.1. The average Bonchev–Trinajstić information content (AvgIpc) is 3.88. The van der Waals surface area contributed by atoms with Gasteiger partial charge in [0.25, 0.3) is 0 Å². The van der Waals surface area contributed by atoms with E-state index in [1.54, 1.807) is 0 Å². The lowest BCUT2D eigenvalue weighted by Gasteiger charge is -2.24. The predicted molar refractivity (Wildman–Crippen MR) is 206 cm³/mol. The van der Waals surface area contributed by atoms with Gasteiger partial charge in [0.05, 0.1) is 0 Å². The second-order valence-electron chi connectivity index (χ2n) is 12.9. The molecule has 1 aliphatic heterocycles. The summed E-state index contributed by atoms with van der Waals surface area (Å²) >= 11 is 0. The second kappa shape index (κ2) is 10.8. The number of aliphatic imine (C=N–C) groups is 2. The summed E-state index contributed by atoms with van der Waals surface area (Å²) in [5.74, 6) is 1.38. The molecule has 10 aromatic rings. The molecule has 0 saturated carbocycles. The number of furan rings is 3. The van der Waals surface area contributed by atoms with Gasteiger partial charge in [-0.15, -0.1) is 0 Å². The largest absolute Gasteiger partial charge is 0.456 e. The van der Waals surface area contributed by atoms with Gasteiger partial charge >= 0.3 is 0 Å². The van der Waals surface area contributed by atoms with Crippen molar-refractivity contribution in [2.45, 2.75) is 6.17 Å². The maximum Gasteiger partial charge on any atom is 0.160 e. The van der Waals surface area contributed by atoms with Crippen LogP contribution in [0, 0.1) is 0 Å². The van der Waals surface area contributed by atoms with Crippen molar-refractivity contribution in [3.8, 4) is 11.1 Å². The molecule has 7 aromatic carbocycles. The number of amidine groups is 2. The van der Waals surface area contributed by atoms with Crippen molar-refractivity contribution in [3.63, 3.8) is 0 Å². The molecule has 6 nitrogen and oxygen atoms in total. The van der Waals surface area contributed by atoms with Crippen molar-refractivity contribution in [2.24, 2.45) is 9.98 Å². The molecule has 0 spiro atoms. The molecule has 0 aliphatic carbocycles. The summed E-state index contributed by atoms with van der Waals surface area (Å²) in [7, 11) is 0. The molecule has 1 unspecified atom stereocenters. The molecule has 240 valence electrons. The van der Waals surface area contributed by atoms with E-state index in [4.69, 9.17) is 23.2 Å². The first-order chi connectivity index (χ1) is 25.2. The first-order valence-electron chi connectivity index (χ1n) is 17.0. The number of hydrogen-bond donors (Lipinski definition) is 1. The molecule has 51 heavy (non-hydrogen) atoms. The van der Waals surface area contributed by atoms with Crippen LogP contribution in [0.4, 0.5) is 0 Å². The van der Waals surface area contributed by atoms with Gasteiger partial charge in [-0.05, 0) is 59.7 Å².